The van der Waals surface area contributed by atoms with E-state index in [1.165, 1.54) is 0 Å². The van der Waals surface area contributed by atoms with Gasteiger partial charge in [0.1, 0.15) is 5.78 Å². The molecule has 0 aliphatic heterocycles. The number of Topliss-reactive ketones (excluding diaryl/α,β-unsaturated/α-hetero) is 1. The van der Waals surface area contributed by atoms with Gasteiger partial charge in [0.25, 0.3) is 0 Å². The third-order valence-electron chi connectivity index (χ3n) is 1.27. The lowest BCUT2D eigenvalue weighted by molar-refractivity contribution is -0.117. The second-order valence-electron chi connectivity index (χ2n) is 2.36. The lowest BCUT2D eigenvalue weighted by Gasteiger charge is -1.98. The van der Waals surface area contributed by atoms with Crippen LogP contribution in [0.1, 0.15) is 33.1 Å². The Morgan fingerprint density at radius 2 is 2.10 bits per heavy atom. The summed E-state index contributed by atoms with van der Waals surface area (Å²) >= 11 is 0. The fourth-order valence-electron chi connectivity index (χ4n) is 0.722. The summed E-state index contributed by atoms with van der Waals surface area (Å²) in [4.78, 5) is 10.4. The van der Waals surface area contributed by atoms with Crippen LogP contribution >= 0.6 is 0 Å². The van der Waals surface area contributed by atoms with Crippen molar-refractivity contribution < 1.29 is 9.53 Å². The summed E-state index contributed by atoms with van der Waals surface area (Å²) in [5, 5.41) is 0. The van der Waals surface area contributed by atoms with Crippen molar-refractivity contribution >= 4 is 5.78 Å². The molecule has 0 heterocycles. The fraction of sp³-hybridized carbons (Fsp3) is 0.875. The molecule has 0 aliphatic rings. The van der Waals surface area contributed by atoms with E-state index in [0.29, 0.717) is 6.42 Å². The molecule has 60 valence electrons. The summed E-state index contributed by atoms with van der Waals surface area (Å²) < 4.78 is 5.10. The van der Waals surface area contributed by atoms with Gasteiger partial charge in [-0.2, -0.15) is 0 Å². The zero-order valence-electron chi connectivity index (χ0n) is 6.85. The topological polar surface area (TPSA) is 26.3 Å². The number of ether oxygens (including phenoxy) is 1. The molecule has 0 radical (unpaired) electrons. The summed E-state index contributed by atoms with van der Waals surface area (Å²) in [7, 11) is 0. The molecule has 0 spiro atoms. The minimum absolute atomic E-state index is 0.275. The van der Waals surface area contributed by atoms with Crippen molar-refractivity contribution in [2.45, 2.75) is 33.1 Å². The first-order valence-corrected chi connectivity index (χ1v) is 3.84. The van der Waals surface area contributed by atoms with Crippen LogP contribution in [0.25, 0.3) is 0 Å². The Labute approximate surface area is 62.6 Å². The molecule has 0 rings (SSSR count). The van der Waals surface area contributed by atoms with E-state index in [1.807, 2.05) is 6.92 Å². The van der Waals surface area contributed by atoms with Gasteiger partial charge in [-0.3, -0.25) is 0 Å². The lowest BCUT2D eigenvalue weighted by atomic mass is 10.2. The normalized spacial score (nSPS) is 9.80. The van der Waals surface area contributed by atoms with Crippen LogP contribution < -0.4 is 0 Å². The summed E-state index contributed by atoms with van der Waals surface area (Å²) in [6.45, 7) is 5.18. The highest BCUT2D eigenvalue weighted by molar-refractivity contribution is 5.75. The Kier molecular flexibility index (Phi) is 6.50. The molecule has 0 amide bonds. The van der Waals surface area contributed by atoms with Crippen molar-refractivity contribution in [2.24, 2.45) is 0 Å². The number of hydrogen-bond acceptors (Lipinski definition) is 2. The molecule has 0 aliphatic carbocycles. The summed E-state index contributed by atoms with van der Waals surface area (Å²) in [5.41, 5.74) is 0. The van der Waals surface area contributed by atoms with E-state index in [0.717, 1.165) is 26.1 Å². The predicted molar refractivity (Wildman–Crippen MR) is 41.0 cm³/mol. The Bertz CT molecular complexity index is 89.3. The van der Waals surface area contributed by atoms with E-state index < -0.39 is 0 Å². The van der Waals surface area contributed by atoms with Gasteiger partial charge in [-0.25, -0.2) is 0 Å². The molecular formula is C8H16O2. The van der Waals surface area contributed by atoms with Gasteiger partial charge in [-0.15, -0.1) is 0 Å². The van der Waals surface area contributed by atoms with Gasteiger partial charge in [0, 0.05) is 19.6 Å². The number of hydrogen-bond donors (Lipinski definition) is 0. The van der Waals surface area contributed by atoms with Crippen molar-refractivity contribution in [3.05, 3.63) is 0 Å². The number of rotatable bonds is 6. The van der Waals surface area contributed by atoms with Gasteiger partial charge in [0.15, 0.2) is 0 Å². The van der Waals surface area contributed by atoms with Crippen molar-refractivity contribution in [3.8, 4) is 0 Å². The zero-order valence-corrected chi connectivity index (χ0v) is 6.85. The molecule has 2 nitrogen and oxygen atoms in total. The van der Waals surface area contributed by atoms with Crippen LogP contribution in [0, 0.1) is 0 Å². The average molecular weight is 144 g/mol. The van der Waals surface area contributed by atoms with Gasteiger partial charge >= 0.3 is 0 Å². The summed E-state index contributed by atoms with van der Waals surface area (Å²) in [6, 6.07) is 0. The lowest BCUT2D eigenvalue weighted by Crippen LogP contribution is -1.95. The van der Waals surface area contributed by atoms with E-state index in [9.17, 15) is 4.79 Å². The maximum Gasteiger partial charge on any atom is 0.129 e. The minimum atomic E-state index is 0.275. The van der Waals surface area contributed by atoms with Crippen molar-refractivity contribution in [3.63, 3.8) is 0 Å². The molecule has 0 N–H and O–H groups in total. The zero-order chi connectivity index (χ0) is 7.82. The van der Waals surface area contributed by atoms with Crippen LogP contribution in [0.5, 0.6) is 0 Å². The maximum atomic E-state index is 10.4. The molecule has 0 saturated carbocycles. The highest BCUT2D eigenvalue weighted by Gasteiger charge is 1.92. The molecule has 2 heteroatoms. The van der Waals surface area contributed by atoms with E-state index >= 15 is 0 Å². The van der Waals surface area contributed by atoms with Gasteiger partial charge < -0.3 is 9.53 Å². The Morgan fingerprint density at radius 1 is 1.40 bits per heavy atom. The first kappa shape index (κ1) is 9.63. The minimum Gasteiger partial charge on any atom is -0.382 e. The smallest absolute Gasteiger partial charge is 0.129 e. The van der Waals surface area contributed by atoms with Gasteiger partial charge in [-0.1, -0.05) is 0 Å². The Hall–Kier alpha value is -0.370. The first-order chi connectivity index (χ1) is 4.77. The highest BCUT2D eigenvalue weighted by atomic mass is 16.5. The number of ketones is 1. The van der Waals surface area contributed by atoms with Crippen LogP contribution in [0.3, 0.4) is 0 Å². The second kappa shape index (κ2) is 6.75. The van der Waals surface area contributed by atoms with Gasteiger partial charge in [0.2, 0.25) is 0 Å². The molecule has 0 atom stereocenters. The molecule has 0 bridgehead atoms. The third kappa shape index (κ3) is 7.63. The Morgan fingerprint density at radius 3 is 2.60 bits per heavy atom. The van der Waals surface area contributed by atoms with Crippen LogP contribution in [0.15, 0.2) is 0 Å². The molecule has 0 unspecified atom stereocenters. The largest absolute Gasteiger partial charge is 0.382 e. The summed E-state index contributed by atoms with van der Waals surface area (Å²) in [5.74, 6) is 0.275. The van der Waals surface area contributed by atoms with Crippen molar-refractivity contribution in [1.29, 1.82) is 0 Å². The quantitative estimate of drug-likeness (QED) is 0.531. The maximum absolute atomic E-state index is 10.4. The predicted octanol–water partition coefficient (Wildman–Crippen LogP) is 1.78. The second-order valence-corrected chi connectivity index (χ2v) is 2.36. The molecule has 0 aromatic heterocycles. The molecule has 0 aromatic carbocycles. The standard InChI is InChI=1S/C8H16O2/c1-3-10-7-5-4-6-8(2)9/h3-7H2,1-2H3. The van der Waals surface area contributed by atoms with Crippen LogP contribution in [0.2, 0.25) is 0 Å². The van der Waals surface area contributed by atoms with Crippen molar-refractivity contribution in [2.75, 3.05) is 13.2 Å². The number of carbonyl (C=O) groups is 1. The molecule has 0 saturated heterocycles. The SMILES string of the molecule is CCOCCCCC(C)=O. The Balaban J connectivity index is 2.84. The van der Waals surface area contributed by atoms with Crippen LogP contribution in [-0.4, -0.2) is 19.0 Å². The molecule has 10 heavy (non-hydrogen) atoms. The monoisotopic (exact) mass is 144 g/mol. The fourth-order valence-corrected chi connectivity index (χ4v) is 0.722. The van der Waals surface area contributed by atoms with E-state index in [2.05, 4.69) is 0 Å². The highest BCUT2D eigenvalue weighted by Crippen LogP contribution is 1.95. The van der Waals surface area contributed by atoms with Crippen LogP contribution in [-0.2, 0) is 9.53 Å². The number of carbonyl (C=O) groups excluding carboxylic acids is 1. The van der Waals surface area contributed by atoms with E-state index in [4.69, 9.17) is 4.74 Å². The van der Waals surface area contributed by atoms with Gasteiger partial charge in [-0.05, 0) is 26.7 Å². The molecular weight excluding hydrogens is 128 g/mol. The van der Waals surface area contributed by atoms with Crippen LogP contribution in [0.4, 0.5) is 0 Å². The third-order valence-corrected chi connectivity index (χ3v) is 1.27. The summed E-state index contributed by atoms with van der Waals surface area (Å²) in [6.07, 6.45) is 2.68. The van der Waals surface area contributed by atoms with Crippen molar-refractivity contribution in [1.82, 2.24) is 0 Å². The number of unbranched alkanes of at least 4 members (excludes halogenated alkanes) is 1. The molecule has 0 aromatic rings. The average Bonchev–Trinajstić information content (AvgIpc) is 1.87. The van der Waals surface area contributed by atoms with Gasteiger partial charge in [0.05, 0.1) is 0 Å². The first-order valence-electron chi connectivity index (χ1n) is 3.84. The van der Waals surface area contributed by atoms with E-state index in [1.54, 1.807) is 6.92 Å². The van der Waals surface area contributed by atoms with E-state index in [-0.39, 0.29) is 5.78 Å². The molecule has 0 fully saturated rings.